The van der Waals surface area contributed by atoms with E-state index in [0.29, 0.717) is 24.0 Å². The van der Waals surface area contributed by atoms with Gasteiger partial charge >= 0.3 is 11.9 Å². The molecule has 0 fully saturated rings. The van der Waals surface area contributed by atoms with Gasteiger partial charge in [-0.2, -0.15) is 0 Å². The fourth-order valence-electron chi connectivity index (χ4n) is 2.46. The second-order valence-corrected chi connectivity index (χ2v) is 5.56. The maximum Gasteiger partial charge on any atom is 0.334 e. The second-order valence-electron chi connectivity index (χ2n) is 5.56. The van der Waals surface area contributed by atoms with E-state index in [2.05, 4.69) is 13.8 Å². The van der Waals surface area contributed by atoms with E-state index in [4.69, 9.17) is 9.47 Å². The average molecular weight is 312 g/mol. The lowest BCUT2D eigenvalue weighted by atomic mass is 9.96. The van der Waals surface area contributed by atoms with Crippen LogP contribution in [0.1, 0.15) is 78.1 Å². The van der Waals surface area contributed by atoms with Crippen molar-refractivity contribution in [2.24, 2.45) is 0 Å². The number of unbranched alkanes of at least 4 members (excludes halogenated alkanes) is 6. The van der Waals surface area contributed by atoms with Crippen molar-refractivity contribution in [3.8, 4) is 0 Å². The van der Waals surface area contributed by atoms with Gasteiger partial charge in [-0.25, -0.2) is 9.59 Å². The van der Waals surface area contributed by atoms with E-state index in [-0.39, 0.29) is 0 Å². The molecule has 0 aromatic heterocycles. The SMILES string of the molecule is CCCCCCC/C(C(=O)OC)=C(\CCCCC)C(=O)OC. The molecule has 0 heterocycles. The molecule has 0 saturated heterocycles. The van der Waals surface area contributed by atoms with Gasteiger partial charge in [-0.3, -0.25) is 0 Å². The highest BCUT2D eigenvalue weighted by Gasteiger charge is 2.21. The third-order valence-electron chi connectivity index (χ3n) is 3.79. The zero-order valence-electron chi connectivity index (χ0n) is 14.7. The van der Waals surface area contributed by atoms with Crippen LogP contribution in [0.25, 0.3) is 0 Å². The molecular formula is C18H32O4. The molecule has 0 atom stereocenters. The lowest BCUT2D eigenvalue weighted by molar-refractivity contribution is -0.139. The van der Waals surface area contributed by atoms with Crippen LogP contribution in [0.15, 0.2) is 11.1 Å². The number of methoxy groups -OCH3 is 2. The summed E-state index contributed by atoms with van der Waals surface area (Å²) in [4.78, 5) is 24.1. The summed E-state index contributed by atoms with van der Waals surface area (Å²) in [6.07, 6.45) is 9.68. The van der Waals surface area contributed by atoms with Gasteiger partial charge in [0.2, 0.25) is 0 Å². The van der Waals surface area contributed by atoms with Crippen molar-refractivity contribution in [3.63, 3.8) is 0 Å². The summed E-state index contributed by atoms with van der Waals surface area (Å²) in [5.74, 6) is -0.794. The van der Waals surface area contributed by atoms with Crippen LogP contribution < -0.4 is 0 Å². The van der Waals surface area contributed by atoms with Gasteiger partial charge in [0.25, 0.3) is 0 Å². The second kappa shape index (κ2) is 13.4. The zero-order chi connectivity index (χ0) is 16.8. The van der Waals surface area contributed by atoms with Crippen LogP contribution in [-0.4, -0.2) is 26.2 Å². The van der Waals surface area contributed by atoms with Crippen molar-refractivity contribution in [1.82, 2.24) is 0 Å². The molecular weight excluding hydrogens is 280 g/mol. The van der Waals surface area contributed by atoms with E-state index >= 15 is 0 Å². The quantitative estimate of drug-likeness (QED) is 0.301. The van der Waals surface area contributed by atoms with E-state index in [0.717, 1.165) is 38.5 Å². The Hall–Kier alpha value is -1.32. The van der Waals surface area contributed by atoms with Gasteiger partial charge in [-0.05, 0) is 25.7 Å². The molecule has 0 radical (unpaired) electrons. The van der Waals surface area contributed by atoms with E-state index in [1.54, 1.807) is 0 Å². The molecule has 0 unspecified atom stereocenters. The van der Waals surface area contributed by atoms with Crippen LogP contribution in [0, 0.1) is 0 Å². The molecule has 4 nitrogen and oxygen atoms in total. The lowest BCUT2D eigenvalue weighted by Crippen LogP contribution is -2.15. The van der Waals surface area contributed by atoms with E-state index in [9.17, 15) is 9.59 Å². The third kappa shape index (κ3) is 8.20. The Bertz CT molecular complexity index is 358. The van der Waals surface area contributed by atoms with Gasteiger partial charge in [-0.15, -0.1) is 0 Å². The monoisotopic (exact) mass is 312 g/mol. The van der Waals surface area contributed by atoms with Crippen molar-refractivity contribution in [3.05, 3.63) is 11.1 Å². The predicted molar refractivity (Wildman–Crippen MR) is 88.6 cm³/mol. The highest BCUT2D eigenvalue weighted by Crippen LogP contribution is 2.22. The molecule has 0 aliphatic carbocycles. The minimum absolute atomic E-state index is 0.396. The Morgan fingerprint density at radius 1 is 0.636 bits per heavy atom. The summed E-state index contributed by atoms with van der Waals surface area (Å²) in [7, 11) is 2.72. The van der Waals surface area contributed by atoms with Crippen molar-refractivity contribution in [2.75, 3.05) is 14.2 Å². The molecule has 22 heavy (non-hydrogen) atoms. The highest BCUT2D eigenvalue weighted by molar-refractivity contribution is 6.00. The maximum atomic E-state index is 12.0. The van der Waals surface area contributed by atoms with Gasteiger partial charge in [0.15, 0.2) is 0 Å². The van der Waals surface area contributed by atoms with Crippen molar-refractivity contribution in [2.45, 2.75) is 78.1 Å². The topological polar surface area (TPSA) is 52.6 Å². The van der Waals surface area contributed by atoms with Crippen molar-refractivity contribution >= 4 is 11.9 Å². The Labute approximate surface area is 135 Å². The number of carbonyl (C=O) groups is 2. The number of rotatable bonds is 12. The van der Waals surface area contributed by atoms with Crippen LogP contribution in [-0.2, 0) is 19.1 Å². The fourth-order valence-corrected chi connectivity index (χ4v) is 2.46. The summed E-state index contributed by atoms with van der Waals surface area (Å²) in [5.41, 5.74) is 1.00. The average Bonchev–Trinajstić information content (AvgIpc) is 2.54. The number of hydrogen-bond acceptors (Lipinski definition) is 4. The Balaban J connectivity index is 4.96. The Morgan fingerprint density at radius 2 is 1.00 bits per heavy atom. The maximum absolute atomic E-state index is 12.0. The van der Waals surface area contributed by atoms with Crippen LogP contribution in [0.4, 0.5) is 0 Å². The van der Waals surface area contributed by atoms with Crippen molar-refractivity contribution in [1.29, 1.82) is 0 Å². The first kappa shape index (κ1) is 20.7. The number of hydrogen-bond donors (Lipinski definition) is 0. The number of carbonyl (C=O) groups excluding carboxylic acids is 2. The highest BCUT2D eigenvalue weighted by atomic mass is 16.5. The van der Waals surface area contributed by atoms with Crippen LogP contribution in [0.2, 0.25) is 0 Å². The van der Waals surface area contributed by atoms with Gasteiger partial charge in [0.05, 0.1) is 14.2 Å². The number of ether oxygens (including phenoxy) is 2. The van der Waals surface area contributed by atoms with Gasteiger partial charge in [0, 0.05) is 11.1 Å². The van der Waals surface area contributed by atoms with Gasteiger partial charge in [-0.1, -0.05) is 52.4 Å². The zero-order valence-corrected chi connectivity index (χ0v) is 14.7. The van der Waals surface area contributed by atoms with Gasteiger partial charge in [0.1, 0.15) is 0 Å². The van der Waals surface area contributed by atoms with E-state index < -0.39 is 11.9 Å². The summed E-state index contributed by atoms with van der Waals surface area (Å²) >= 11 is 0. The van der Waals surface area contributed by atoms with Crippen molar-refractivity contribution < 1.29 is 19.1 Å². The first-order valence-corrected chi connectivity index (χ1v) is 8.50. The largest absolute Gasteiger partial charge is 0.466 e. The molecule has 0 amide bonds. The molecule has 0 N–H and O–H groups in total. The first-order valence-electron chi connectivity index (χ1n) is 8.50. The summed E-state index contributed by atoms with van der Waals surface area (Å²) in [6, 6.07) is 0. The van der Waals surface area contributed by atoms with E-state index in [1.807, 2.05) is 0 Å². The predicted octanol–water partition coefficient (Wildman–Crippen LogP) is 4.57. The molecule has 0 saturated carbocycles. The standard InChI is InChI=1S/C18H32O4/c1-5-7-9-10-12-14-16(18(20)22-4)15(17(19)21-3)13-11-8-6-2/h5-14H2,1-4H3/b16-15-. The van der Waals surface area contributed by atoms with Crippen LogP contribution in [0.3, 0.4) is 0 Å². The van der Waals surface area contributed by atoms with Crippen LogP contribution in [0.5, 0.6) is 0 Å². The minimum Gasteiger partial charge on any atom is -0.466 e. The minimum atomic E-state index is -0.398. The van der Waals surface area contributed by atoms with Gasteiger partial charge < -0.3 is 9.47 Å². The molecule has 0 spiro atoms. The molecule has 0 aromatic carbocycles. The normalized spacial score (nSPS) is 11.8. The lowest BCUT2D eigenvalue weighted by Gasteiger charge is -2.12. The Morgan fingerprint density at radius 3 is 1.41 bits per heavy atom. The smallest absolute Gasteiger partial charge is 0.334 e. The van der Waals surface area contributed by atoms with E-state index in [1.165, 1.54) is 27.1 Å². The summed E-state index contributed by atoms with van der Waals surface area (Å²) in [5, 5.41) is 0. The summed E-state index contributed by atoms with van der Waals surface area (Å²) < 4.78 is 9.73. The third-order valence-corrected chi connectivity index (χ3v) is 3.79. The number of esters is 2. The fraction of sp³-hybridized carbons (Fsp3) is 0.778. The Kier molecular flexibility index (Phi) is 12.5. The molecule has 0 rings (SSSR count). The molecule has 0 bridgehead atoms. The first-order chi connectivity index (χ1) is 10.6. The molecule has 128 valence electrons. The van der Waals surface area contributed by atoms with Crippen LogP contribution >= 0.6 is 0 Å². The summed E-state index contributed by atoms with van der Waals surface area (Å²) in [6.45, 7) is 4.28. The molecule has 4 heteroatoms. The molecule has 0 aliphatic rings. The molecule has 0 aliphatic heterocycles. The molecule has 0 aromatic rings.